The molecular weight excluding hydrogens is 301 g/mol. The lowest BCUT2D eigenvalue weighted by molar-refractivity contribution is -0.131. The van der Waals surface area contributed by atoms with Crippen LogP contribution in [0.1, 0.15) is 16.8 Å². The van der Waals surface area contributed by atoms with E-state index in [2.05, 4.69) is 21.9 Å². The van der Waals surface area contributed by atoms with Crippen LogP contribution in [0.5, 0.6) is 0 Å². The van der Waals surface area contributed by atoms with Gasteiger partial charge >= 0.3 is 12.1 Å². The summed E-state index contributed by atoms with van der Waals surface area (Å²) in [5.41, 5.74) is 0.532. The highest BCUT2D eigenvalue weighted by Gasteiger charge is 2.26. The number of halogens is 3. The van der Waals surface area contributed by atoms with E-state index in [1.807, 2.05) is 0 Å². The van der Waals surface area contributed by atoms with Crippen molar-refractivity contribution >= 4 is 23.3 Å². The van der Waals surface area contributed by atoms with Crippen molar-refractivity contribution in [2.24, 2.45) is 0 Å². The van der Waals surface area contributed by atoms with Gasteiger partial charge in [0, 0.05) is 12.2 Å². The smallest absolute Gasteiger partial charge is 0.390 e. The molecule has 22 heavy (non-hydrogen) atoms. The van der Waals surface area contributed by atoms with E-state index < -0.39 is 24.5 Å². The molecule has 0 heterocycles. The summed E-state index contributed by atoms with van der Waals surface area (Å²) < 4.78 is 40.9. The van der Waals surface area contributed by atoms with E-state index >= 15 is 0 Å². The number of hydrogen-bond acceptors (Lipinski definition) is 4. The zero-order chi connectivity index (χ0) is 16.8. The summed E-state index contributed by atoms with van der Waals surface area (Å²) in [5.74, 6) is -1.24. The Balaban J connectivity index is 2.93. The molecule has 1 aromatic carbocycles. The molecule has 120 valence electrons. The number of esters is 1. The quantitative estimate of drug-likeness (QED) is 0.625. The molecule has 0 spiro atoms. The van der Waals surface area contributed by atoms with Crippen LogP contribution in [0, 0.1) is 0 Å². The van der Waals surface area contributed by atoms with Gasteiger partial charge in [-0.25, -0.2) is 4.79 Å². The molecular formula is C14H15F3N2O3. The van der Waals surface area contributed by atoms with Gasteiger partial charge in [0.2, 0.25) is 5.91 Å². The molecule has 0 aromatic heterocycles. The SMILES string of the molecule is C=CC(=O)Nc1cc(NCCC(F)(F)F)ccc1C(=O)OC. The van der Waals surface area contributed by atoms with Crippen molar-refractivity contribution in [3.8, 4) is 0 Å². The lowest BCUT2D eigenvalue weighted by Gasteiger charge is -2.13. The second kappa shape index (κ2) is 7.48. The Bertz CT molecular complexity index is 571. The van der Waals surface area contributed by atoms with Gasteiger partial charge in [-0.3, -0.25) is 4.79 Å². The minimum absolute atomic E-state index is 0.0825. The van der Waals surface area contributed by atoms with E-state index in [0.717, 1.165) is 6.08 Å². The van der Waals surface area contributed by atoms with Crippen molar-refractivity contribution in [3.05, 3.63) is 36.4 Å². The lowest BCUT2D eigenvalue weighted by atomic mass is 10.1. The average Bonchev–Trinajstić information content (AvgIpc) is 2.45. The lowest BCUT2D eigenvalue weighted by Crippen LogP contribution is -2.16. The van der Waals surface area contributed by atoms with Crippen molar-refractivity contribution < 1.29 is 27.5 Å². The van der Waals surface area contributed by atoms with Crippen molar-refractivity contribution in [2.75, 3.05) is 24.3 Å². The molecule has 2 N–H and O–H groups in total. The largest absolute Gasteiger partial charge is 0.465 e. The minimum Gasteiger partial charge on any atom is -0.465 e. The molecule has 1 amide bonds. The number of carbonyl (C=O) groups excluding carboxylic acids is 2. The number of nitrogens with one attached hydrogen (secondary N) is 2. The molecule has 0 saturated heterocycles. The van der Waals surface area contributed by atoms with Crippen LogP contribution in [-0.2, 0) is 9.53 Å². The number of amides is 1. The van der Waals surface area contributed by atoms with Gasteiger partial charge in [0.15, 0.2) is 0 Å². The Morgan fingerprint density at radius 2 is 2.05 bits per heavy atom. The van der Waals surface area contributed by atoms with Crippen LogP contribution in [0.3, 0.4) is 0 Å². The fraction of sp³-hybridized carbons (Fsp3) is 0.286. The fourth-order valence-corrected chi connectivity index (χ4v) is 1.58. The molecule has 1 rings (SSSR count). The molecule has 0 aliphatic heterocycles. The summed E-state index contributed by atoms with van der Waals surface area (Å²) in [6.45, 7) is 2.96. The average molecular weight is 316 g/mol. The highest BCUT2D eigenvalue weighted by Crippen LogP contribution is 2.23. The van der Waals surface area contributed by atoms with Gasteiger partial charge in [-0.1, -0.05) is 6.58 Å². The van der Waals surface area contributed by atoms with Gasteiger partial charge in [-0.2, -0.15) is 13.2 Å². The standard InChI is InChI=1S/C14H15F3N2O3/c1-3-12(20)19-11-8-9(18-7-6-14(15,16)17)4-5-10(11)13(21)22-2/h3-5,8,18H,1,6-7H2,2H3,(H,19,20). The summed E-state index contributed by atoms with van der Waals surface area (Å²) >= 11 is 0. The molecule has 0 saturated carbocycles. The predicted octanol–water partition coefficient (Wildman–Crippen LogP) is 2.96. The van der Waals surface area contributed by atoms with Gasteiger partial charge in [-0.15, -0.1) is 0 Å². The molecule has 0 unspecified atom stereocenters. The number of anilines is 2. The number of hydrogen-bond donors (Lipinski definition) is 2. The first-order chi connectivity index (χ1) is 10.3. The number of ether oxygens (including phenoxy) is 1. The Kier molecular flexibility index (Phi) is 5.97. The number of carbonyl (C=O) groups is 2. The van der Waals surface area contributed by atoms with Gasteiger partial charge in [0.25, 0.3) is 0 Å². The number of methoxy groups -OCH3 is 1. The van der Waals surface area contributed by atoms with Crippen LogP contribution < -0.4 is 10.6 Å². The van der Waals surface area contributed by atoms with Crippen molar-refractivity contribution in [1.29, 1.82) is 0 Å². The van der Waals surface area contributed by atoms with Crippen LogP contribution in [0.15, 0.2) is 30.9 Å². The van der Waals surface area contributed by atoms with Crippen LogP contribution >= 0.6 is 0 Å². The molecule has 5 nitrogen and oxygen atoms in total. The number of alkyl halides is 3. The fourth-order valence-electron chi connectivity index (χ4n) is 1.58. The zero-order valence-electron chi connectivity index (χ0n) is 11.8. The van der Waals surface area contributed by atoms with Crippen LogP contribution in [0.4, 0.5) is 24.5 Å². The van der Waals surface area contributed by atoms with Gasteiger partial charge in [0.1, 0.15) is 0 Å². The van der Waals surface area contributed by atoms with Crippen LogP contribution in [0.25, 0.3) is 0 Å². The Morgan fingerprint density at radius 3 is 2.59 bits per heavy atom. The highest BCUT2D eigenvalue weighted by atomic mass is 19.4. The first-order valence-corrected chi connectivity index (χ1v) is 6.23. The van der Waals surface area contributed by atoms with Crippen molar-refractivity contribution in [2.45, 2.75) is 12.6 Å². The first kappa shape index (κ1) is 17.5. The molecule has 0 radical (unpaired) electrons. The van der Waals surface area contributed by atoms with Crippen molar-refractivity contribution in [3.63, 3.8) is 0 Å². The van der Waals surface area contributed by atoms with Crippen LogP contribution in [-0.4, -0.2) is 31.7 Å². The molecule has 0 aliphatic rings. The van der Waals surface area contributed by atoms with Crippen molar-refractivity contribution in [1.82, 2.24) is 0 Å². The Labute approximate surface area is 125 Å². The molecule has 1 aromatic rings. The molecule has 0 bridgehead atoms. The number of benzene rings is 1. The maximum absolute atomic E-state index is 12.1. The molecule has 0 atom stereocenters. The van der Waals surface area contributed by atoms with E-state index in [0.29, 0.717) is 5.69 Å². The highest BCUT2D eigenvalue weighted by molar-refractivity contribution is 6.05. The predicted molar refractivity (Wildman–Crippen MR) is 75.8 cm³/mol. The number of rotatable bonds is 6. The summed E-state index contributed by atoms with van der Waals surface area (Å²) in [4.78, 5) is 22.9. The monoisotopic (exact) mass is 316 g/mol. The van der Waals surface area contributed by atoms with Crippen LogP contribution in [0.2, 0.25) is 0 Å². The molecule has 0 aliphatic carbocycles. The third-order valence-corrected chi connectivity index (χ3v) is 2.61. The second-order valence-electron chi connectivity index (χ2n) is 4.24. The van der Waals surface area contributed by atoms with E-state index in [-0.39, 0.29) is 17.8 Å². The van der Waals surface area contributed by atoms with Gasteiger partial charge in [-0.05, 0) is 24.3 Å². The van der Waals surface area contributed by atoms with Gasteiger partial charge in [0.05, 0.1) is 24.8 Å². The summed E-state index contributed by atoms with van der Waals surface area (Å²) in [7, 11) is 1.18. The first-order valence-electron chi connectivity index (χ1n) is 6.23. The maximum atomic E-state index is 12.1. The second-order valence-corrected chi connectivity index (χ2v) is 4.24. The van der Waals surface area contributed by atoms with E-state index in [1.54, 1.807) is 0 Å². The Hall–Kier alpha value is -2.51. The summed E-state index contributed by atoms with van der Waals surface area (Å²) in [5, 5.41) is 4.97. The zero-order valence-corrected chi connectivity index (χ0v) is 11.8. The van der Waals surface area contributed by atoms with E-state index in [1.165, 1.54) is 25.3 Å². The topological polar surface area (TPSA) is 67.4 Å². The molecule has 0 fully saturated rings. The maximum Gasteiger partial charge on any atom is 0.390 e. The summed E-state index contributed by atoms with van der Waals surface area (Å²) in [6, 6.07) is 4.12. The third-order valence-electron chi connectivity index (χ3n) is 2.61. The van der Waals surface area contributed by atoms with E-state index in [9.17, 15) is 22.8 Å². The van der Waals surface area contributed by atoms with E-state index in [4.69, 9.17) is 0 Å². The van der Waals surface area contributed by atoms with Gasteiger partial charge < -0.3 is 15.4 Å². The Morgan fingerprint density at radius 1 is 1.36 bits per heavy atom. The minimum atomic E-state index is -4.27. The third kappa shape index (κ3) is 5.47. The normalized spacial score (nSPS) is 10.7. The molecule has 8 heteroatoms. The summed E-state index contributed by atoms with van der Waals surface area (Å²) in [6.07, 6.45) is -4.26.